The molecule has 2 aromatic heterocycles. The number of hydrogen-bond acceptors (Lipinski definition) is 3. The van der Waals surface area contributed by atoms with E-state index in [4.69, 9.17) is 14.4 Å². The van der Waals surface area contributed by atoms with E-state index in [2.05, 4.69) is 231 Å². The van der Waals surface area contributed by atoms with Gasteiger partial charge in [0.05, 0.1) is 16.8 Å². The molecular weight excluding hydrogens is 825 g/mol. The molecule has 10 aromatic carbocycles. The van der Waals surface area contributed by atoms with Crippen LogP contribution in [0, 0.1) is 0 Å². The van der Waals surface area contributed by atoms with Crippen molar-refractivity contribution in [2.45, 2.75) is 5.41 Å². The fourth-order valence-electron chi connectivity index (χ4n) is 11.4. The van der Waals surface area contributed by atoms with Crippen molar-refractivity contribution in [2.75, 3.05) is 0 Å². The zero-order valence-electron chi connectivity index (χ0n) is 36.9. The van der Waals surface area contributed by atoms with Crippen molar-refractivity contribution < 1.29 is 4.42 Å². The summed E-state index contributed by atoms with van der Waals surface area (Å²) in [4.78, 5) is 11.0. The molecule has 0 aliphatic heterocycles. The highest BCUT2D eigenvalue weighted by molar-refractivity contribution is 6.09. The molecule has 0 bridgehead atoms. The van der Waals surface area contributed by atoms with Crippen molar-refractivity contribution in [1.82, 2.24) is 9.97 Å². The predicted octanol–water partition coefficient (Wildman–Crippen LogP) is 16.7. The number of furan rings is 1. The molecule has 2 aliphatic rings. The van der Waals surface area contributed by atoms with Gasteiger partial charge in [-0.05, 0) is 120 Å². The van der Waals surface area contributed by atoms with Crippen molar-refractivity contribution >= 4 is 21.9 Å². The number of benzene rings is 10. The summed E-state index contributed by atoms with van der Waals surface area (Å²) < 4.78 is 6.68. The van der Waals surface area contributed by atoms with E-state index in [1.54, 1.807) is 0 Å². The Bertz CT molecular complexity index is 3850. The molecule has 0 radical (unpaired) electrons. The smallest absolute Gasteiger partial charge is 0.160 e. The lowest BCUT2D eigenvalue weighted by Crippen LogP contribution is -2.29. The second-order valence-corrected chi connectivity index (χ2v) is 18.0. The Hall–Kier alpha value is -8.92. The van der Waals surface area contributed by atoms with E-state index in [-0.39, 0.29) is 0 Å². The zero-order chi connectivity index (χ0) is 44.8. The van der Waals surface area contributed by atoms with E-state index in [9.17, 15) is 0 Å². The molecule has 0 unspecified atom stereocenters. The maximum Gasteiger partial charge on any atom is 0.160 e. The number of nitrogens with zero attached hydrogens (tertiary/aromatic N) is 2. The van der Waals surface area contributed by atoms with Crippen LogP contribution in [0.25, 0.3) is 111 Å². The molecule has 2 aliphatic carbocycles. The van der Waals surface area contributed by atoms with Crippen LogP contribution in [0.5, 0.6) is 0 Å². The molecule has 0 amide bonds. The standard InChI is InChI=1S/C65H40N2O/c1-3-18-41(19-4-1)44-36-45(42-20-5-2-6-21-42)38-46(37-44)64-66-60(40-61(67-64)54-29-17-28-53-52-27-12-16-33-62(52)68-63(53)54)43-34-35-59-55(39-43)51-26-11-15-32-58(51)65(59)56-30-13-9-24-49(56)47-22-7-8-23-48(47)50-25-10-14-31-57(50)65/h1-40H. The van der Waals surface area contributed by atoms with Crippen molar-refractivity contribution in [1.29, 1.82) is 0 Å². The van der Waals surface area contributed by atoms with Gasteiger partial charge in [0, 0.05) is 27.5 Å². The molecule has 0 N–H and O–H groups in total. The van der Waals surface area contributed by atoms with Crippen molar-refractivity contribution in [2.24, 2.45) is 0 Å². The zero-order valence-corrected chi connectivity index (χ0v) is 36.9. The van der Waals surface area contributed by atoms with E-state index in [0.29, 0.717) is 5.82 Å². The van der Waals surface area contributed by atoms with Crippen LogP contribution < -0.4 is 0 Å². The molecule has 3 heteroatoms. The minimum absolute atomic E-state index is 0.568. The summed E-state index contributed by atoms with van der Waals surface area (Å²) in [6.07, 6.45) is 0. The van der Waals surface area contributed by atoms with Gasteiger partial charge in [-0.1, -0.05) is 200 Å². The molecule has 12 aromatic rings. The second kappa shape index (κ2) is 15.1. The maximum atomic E-state index is 6.68. The Labute approximate surface area is 394 Å². The summed E-state index contributed by atoms with van der Waals surface area (Å²) in [5.74, 6) is 0.641. The first kappa shape index (κ1) is 38.4. The van der Waals surface area contributed by atoms with Gasteiger partial charge in [0.1, 0.15) is 11.2 Å². The average molecular weight is 865 g/mol. The molecule has 0 saturated heterocycles. The van der Waals surface area contributed by atoms with Gasteiger partial charge in [0.2, 0.25) is 0 Å². The summed E-state index contributed by atoms with van der Waals surface area (Å²) in [5, 5.41) is 2.14. The van der Waals surface area contributed by atoms with Gasteiger partial charge < -0.3 is 4.42 Å². The summed E-state index contributed by atoms with van der Waals surface area (Å²) in [6.45, 7) is 0. The van der Waals surface area contributed by atoms with Crippen molar-refractivity contribution in [3.8, 4) is 89.5 Å². The lowest BCUT2D eigenvalue weighted by molar-refractivity contribution is 0.670. The third-order valence-electron chi connectivity index (χ3n) is 14.3. The predicted molar refractivity (Wildman–Crippen MR) is 278 cm³/mol. The number of rotatable bonds is 5. The summed E-state index contributed by atoms with van der Waals surface area (Å²) in [7, 11) is 0. The van der Waals surface area contributed by atoms with Gasteiger partial charge in [-0.3, -0.25) is 0 Å². The monoisotopic (exact) mass is 864 g/mol. The van der Waals surface area contributed by atoms with E-state index in [1.807, 2.05) is 12.1 Å². The molecule has 0 fully saturated rings. The van der Waals surface area contributed by atoms with Crippen LogP contribution in [0.15, 0.2) is 247 Å². The Morgan fingerprint density at radius 3 is 1.38 bits per heavy atom. The molecule has 3 nitrogen and oxygen atoms in total. The molecule has 2 heterocycles. The summed E-state index contributed by atoms with van der Waals surface area (Å²) in [6, 6.07) is 87.7. The fraction of sp³-hybridized carbons (Fsp3) is 0.0154. The maximum absolute atomic E-state index is 6.68. The van der Waals surface area contributed by atoms with Crippen LogP contribution in [0.1, 0.15) is 22.3 Å². The molecule has 0 atom stereocenters. The van der Waals surface area contributed by atoms with E-state index < -0.39 is 5.41 Å². The number of aromatic nitrogens is 2. The van der Waals surface area contributed by atoms with Gasteiger partial charge in [0.25, 0.3) is 0 Å². The van der Waals surface area contributed by atoms with E-state index >= 15 is 0 Å². The molecular formula is C65H40N2O. The van der Waals surface area contributed by atoms with Crippen LogP contribution >= 0.6 is 0 Å². The second-order valence-electron chi connectivity index (χ2n) is 18.0. The highest BCUT2D eigenvalue weighted by Gasteiger charge is 2.49. The molecule has 14 rings (SSSR count). The van der Waals surface area contributed by atoms with E-state index in [0.717, 1.165) is 72.3 Å². The van der Waals surface area contributed by atoms with Gasteiger partial charge >= 0.3 is 0 Å². The molecule has 1 spiro atoms. The number of para-hydroxylation sites is 2. The van der Waals surface area contributed by atoms with Gasteiger partial charge in [-0.2, -0.15) is 0 Å². The van der Waals surface area contributed by atoms with Crippen LogP contribution in [0.2, 0.25) is 0 Å². The summed E-state index contributed by atoms with van der Waals surface area (Å²) in [5.41, 5.74) is 22.6. The largest absolute Gasteiger partial charge is 0.455 e. The van der Waals surface area contributed by atoms with Crippen LogP contribution in [-0.4, -0.2) is 9.97 Å². The van der Waals surface area contributed by atoms with Crippen molar-refractivity contribution in [3.05, 3.63) is 265 Å². The topological polar surface area (TPSA) is 38.9 Å². The lowest BCUT2D eigenvalue weighted by Gasteiger charge is -2.35. The third kappa shape index (κ3) is 5.72. The first-order chi connectivity index (χ1) is 33.7. The quantitative estimate of drug-likeness (QED) is 0.173. The first-order valence-electron chi connectivity index (χ1n) is 23.3. The minimum Gasteiger partial charge on any atom is -0.455 e. The molecule has 0 saturated carbocycles. The fourth-order valence-corrected chi connectivity index (χ4v) is 11.4. The number of fused-ring (bicyclic) bond motifs is 15. The van der Waals surface area contributed by atoms with Gasteiger partial charge in [0.15, 0.2) is 5.82 Å². The Balaban J connectivity index is 1.03. The van der Waals surface area contributed by atoms with Crippen molar-refractivity contribution in [3.63, 3.8) is 0 Å². The highest BCUT2D eigenvalue weighted by atomic mass is 16.3. The van der Waals surface area contributed by atoms with Crippen LogP contribution in [-0.2, 0) is 5.41 Å². The third-order valence-corrected chi connectivity index (χ3v) is 14.3. The Morgan fingerprint density at radius 1 is 0.279 bits per heavy atom. The summed E-state index contributed by atoms with van der Waals surface area (Å²) >= 11 is 0. The normalized spacial score (nSPS) is 12.8. The Morgan fingerprint density at radius 2 is 0.750 bits per heavy atom. The lowest BCUT2D eigenvalue weighted by atomic mass is 9.66. The van der Waals surface area contributed by atoms with Crippen LogP contribution in [0.4, 0.5) is 0 Å². The van der Waals surface area contributed by atoms with Crippen LogP contribution in [0.3, 0.4) is 0 Å². The average Bonchev–Trinajstić information content (AvgIpc) is 3.91. The first-order valence-corrected chi connectivity index (χ1v) is 23.3. The SMILES string of the molecule is c1ccc(-c2cc(-c3ccccc3)cc(-c3nc(-c4ccc5c(c4)-c4ccccc4C54c5ccccc5-c5ccccc5-c5ccccc54)cc(-c4cccc5c4oc4ccccc45)n3)c2)cc1. The Kier molecular flexibility index (Phi) is 8.50. The highest BCUT2D eigenvalue weighted by Crippen LogP contribution is 2.61. The minimum atomic E-state index is -0.568. The van der Waals surface area contributed by atoms with Gasteiger partial charge in [-0.15, -0.1) is 0 Å². The van der Waals surface area contributed by atoms with E-state index in [1.165, 1.54) is 55.6 Å². The molecule has 68 heavy (non-hydrogen) atoms. The molecule has 316 valence electrons. The van der Waals surface area contributed by atoms with Gasteiger partial charge in [-0.25, -0.2) is 9.97 Å². The number of hydrogen-bond donors (Lipinski definition) is 0.